The highest BCUT2D eigenvalue weighted by Gasteiger charge is 2.26. The van der Waals surface area contributed by atoms with Crippen LogP contribution in [0.25, 0.3) is 5.69 Å². The van der Waals surface area contributed by atoms with E-state index < -0.39 is 11.9 Å². The average molecular weight is 388 g/mol. The highest BCUT2D eigenvalue weighted by atomic mass is 16.5. The number of carbonyl (C=O) groups is 2. The van der Waals surface area contributed by atoms with Gasteiger partial charge in [0.05, 0.1) is 17.3 Å². The topological polar surface area (TPSA) is 97.6 Å². The van der Waals surface area contributed by atoms with Gasteiger partial charge in [0, 0.05) is 26.3 Å². The molecule has 0 spiro atoms. The third-order valence-corrected chi connectivity index (χ3v) is 4.50. The number of ether oxygens (including phenoxy) is 1. The number of nitrogens with zero attached hydrogens (tertiary/aromatic N) is 4. The number of carboxylic acids is 1. The molecule has 0 aliphatic heterocycles. The summed E-state index contributed by atoms with van der Waals surface area (Å²) < 4.78 is 6.95. The first-order valence-corrected chi connectivity index (χ1v) is 9.44. The molecule has 0 radical (unpaired) electrons. The van der Waals surface area contributed by atoms with Gasteiger partial charge in [-0.05, 0) is 39.3 Å². The number of aliphatic carboxylic acids is 1. The molecule has 0 aliphatic rings. The van der Waals surface area contributed by atoms with Gasteiger partial charge in [-0.2, -0.15) is 0 Å². The van der Waals surface area contributed by atoms with E-state index in [9.17, 15) is 14.7 Å². The number of aromatic nitrogens is 3. The second-order valence-electron chi connectivity index (χ2n) is 6.81. The summed E-state index contributed by atoms with van der Waals surface area (Å²) in [4.78, 5) is 25.8. The molecular formula is C20H28N4O4. The lowest BCUT2D eigenvalue weighted by molar-refractivity contribution is -0.141. The van der Waals surface area contributed by atoms with E-state index in [1.165, 1.54) is 4.90 Å². The fraction of sp³-hybridized carbons (Fsp3) is 0.500. The SMILES string of the molecule is CCOCCCN(CC(C)C(=O)O)C(=O)c1nnn(-c2ccc(C)cc2)c1C. The quantitative estimate of drug-likeness (QED) is 0.628. The Balaban J connectivity index is 2.22. The first kappa shape index (κ1) is 21.6. The molecule has 8 heteroatoms. The van der Waals surface area contributed by atoms with Gasteiger partial charge < -0.3 is 14.7 Å². The third kappa shape index (κ3) is 5.39. The van der Waals surface area contributed by atoms with Crippen molar-refractivity contribution in [1.29, 1.82) is 0 Å². The van der Waals surface area contributed by atoms with Crippen LogP contribution in [-0.4, -0.2) is 63.2 Å². The molecule has 0 bridgehead atoms. The van der Waals surface area contributed by atoms with Gasteiger partial charge in [-0.3, -0.25) is 9.59 Å². The first-order chi connectivity index (χ1) is 13.3. The Hall–Kier alpha value is -2.74. The van der Waals surface area contributed by atoms with E-state index in [-0.39, 0.29) is 18.1 Å². The van der Waals surface area contributed by atoms with E-state index in [4.69, 9.17) is 4.74 Å². The van der Waals surface area contributed by atoms with Crippen molar-refractivity contribution < 1.29 is 19.4 Å². The third-order valence-electron chi connectivity index (χ3n) is 4.50. The van der Waals surface area contributed by atoms with Gasteiger partial charge in [-0.15, -0.1) is 5.10 Å². The number of carbonyl (C=O) groups excluding carboxylic acids is 1. The number of benzene rings is 1. The Morgan fingerprint density at radius 2 is 1.93 bits per heavy atom. The van der Waals surface area contributed by atoms with Crippen molar-refractivity contribution in [3.63, 3.8) is 0 Å². The van der Waals surface area contributed by atoms with Crippen LogP contribution >= 0.6 is 0 Å². The van der Waals surface area contributed by atoms with E-state index in [1.807, 2.05) is 38.1 Å². The van der Waals surface area contributed by atoms with Crippen molar-refractivity contribution in [2.75, 3.05) is 26.3 Å². The molecular weight excluding hydrogens is 360 g/mol. The van der Waals surface area contributed by atoms with Gasteiger partial charge >= 0.3 is 5.97 Å². The number of hydrogen-bond acceptors (Lipinski definition) is 5. The predicted molar refractivity (Wildman–Crippen MR) is 105 cm³/mol. The molecule has 1 unspecified atom stereocenters. The Bertz CT molecular complexity index is 801. The zero-order valence-electron chi connectivity index (χ0n) is 16.9. The van der Waals surface area contributed by atoms with Crippen molar-refractivity contribution in [2.45, 2.75) is 34.1 Å². The van der Waals surface area contributed by atoms with E-state index in [1.54, 1.807) is 18.5 Å². The Morgan fingerprint density at radius 1 is 1.25 bits per heavy atom. The molecule has 0 aliphatic carbocycles. The van der Waals surface area contributed by atoms with E-state index >= 15 is 0 Å². The van der Waals surface area contributed by atoms with Crippen molar-refractivity contribution in [1.82, 2.24) is 19.9 Å². The summed E-state index contributed by atoms with van der Waals surface area (Å²) in [6.45, 7) is 8.89. The summed E-state index contributed by atoms with van der Waals surface area (Å²) in [6.07, 6.45) is 0.622. The second kappa shape index (κ2) is 9.98. The van der Waals surface area contributed by atoms with E-state index in [0.717, 1.165) is 11.3 Å². The van der Waals surface area contributed by atoms with Gasteiger partial charge in [0.1, 0.15) is 0 Å². The Morgan fingerprint density at radius 3 is 2.54 bits per heavy atom. The van der Waals surface area contributed by atoms with E-state index in [2.05, 4.69) is 10.3 Å². The normalized spacial score (nSPS) is 12.0. The summed E-state index contributed by atoms with van der Waals surface area (Å²) >= 11 is 0. The van der Waals surface area contributed by atoms with Crippen LogP contribution in [-0.2, 0) is 9.53 Å². The molecule has 2 aromatic rings. The van der Waals surface area contributed by atoms with Crippen molar-refractivity contribution >= 4 is 11.9 Å². The average Bonchev–Trinajstić information content (AvgIpc) is 3.05. The molecule has 1 aromatic heterocycles. The lowest BCUT2D eigenvalue weighted by atomic mass is 10.1. The fourth-order valence-corrected chi connectivity index (χ4v) is 2.79. The second-order valence-corrected chi connectivity index (χ2v) is 6.81. The summed E-state index contributed by atoms with van der Waals surface area (Å²) in [5, 5.41) is 17.4. The maximum absolute atomic E-state index is 13.1. The molecule has 1 amide bonds. The van der Waals surface area contributed by atoms with Gasteiger partial charge in [-0.1, -0.05) is 29.8 Å². The van der Waals surface area contributed by atoms with Crippen molar-refractivity contribution in [2.24, 2.45) is 5.92 Å². The van der Waals surface area contributed by atoms with Gasteiger partial charge in [0.25, 0.3) is 5.91 Å². The zero-order valence-corrected chi connectivity index (χ0v) is 16.9. The fourth-order valence-electron chi connectivity index (χ4n) is 2.79. The molecule has 0 saturated heterocycles. The van der Waals surface area contributed by atoms with Crippen LogP contribution in [0, 0.1) is 19.8 Å². The van der Waals surface area contributed by atoms with Crippen LogP contribution < -0.4 is 0 Å². The van der Waals surface area contributed by atoms with Crippen LogP contribution in [0.15, 0.2) is 24.3 Å². The van der Waals surface area contributed by atoms with Gasteiger partial charge in [0.2, 0.25) is 0 Å². The summed E-state index contributed by atoms with van der Waals surface area (Å²) in [6, 6.07) is 7.76. The molecule has 2 rings (SSSR count). The molecule has 1 heterocycles. The largest absolute Gasteiger partial charge is 0.481 e. The minimum atomic E-state index is -0.942. The summed E-state index contributed by atoms with van der Waals surface area (Å²) in [5.41, 5.74) is 2.79. The molecule has 1 atom stereocenters. The predicted octanol–water partition coefficient (Wildman–Crippen LogP) is 2.47. The van der Waals surface area contributed by atoms with Crippen molar-refractivity contribution in [3.05, 3.63) is 41.2 Å². The molecule has 1 N–H and O–H groups in total. The molecule has 0 fully saturated rings. The van der Waals surface area contributed by atoms with Crippen LogP contribution in [0.4, 0.5) is 0 Å². The number of aryl methyl sites for hydroxylation is 1. The Kier molecular flexibility index (Phi) is 7.69. The first-order valence-electron chi connectivity index (χ1n) is 9.44. The van der Waals surface area contributed by atoms with Crippen LogP contribution in [0.5, 0.6) is 0 Å². The van der Waals surface area contributed by atoms with Crippen LogP contribution in [0.1, 0.15) is 42.0 Å². The standard InChI is InChI=1S/C20H28N4O4/c1-5-28-12-6-11-23(13-15(3)20(26)27)19(25)18-16(4)24(22-21-18)17-9-7-14(2)8-10-17/h7-10,15H,5-6,11-13H2,1-4H3,(H,26,27). The number of hydrogen-bond donors (Lipinski definition) is 1. The summed E-state index contributed by atoms with van der Waals surface area (Å²) in [7, 11) is 0. The highest BCUT2D eigenvalue weighted by Crippen LogP contribution is 2.16. The lowest BCUT2D eigenvalue weighted by Gasteiger charge is -2.24. The van der Waals surface area contributed by atoms with Crippen LogP contribution in [0.3, 0.4) is 0 Å². The number of carboxylic acid groups (broad SMARTS) is 1. The van der Waals surface area contributed by atoms with Crippen LogP contribution in [0.2, 0.25) is 0 Å². The minimum absolute atomic E-state index is 0.108. The molecule has 152 valence electrons. The maximum atomic E-state index is 13.1. The summed E-state index contributed by atoms with van der Waals surface area (Å²) in [5.74, 6) is -1.94. The monoisotopic (exact) mass is 388 g/mol. The zero-order chi connectivity index (χ0) is 20.7. The highest BCUT2D eigenvalue weighted by molar-refractivity contribution is 5.93. The molecule has 0 saturated carbocycles. The molecule has 28 heavy (non-hydrogen) atoms. The maximum Gasteiger partial charge on any atom is 0.308 e. The molecule has 8 nitrogen and oxygen atoms in total. The van der Waals surface area contributed by atoms with Gasteiger partial charge in [0.15, 0.2) is 5.69 Å². The Labute approximate surface area is 165 Å². The minimum Gasteiger partial charge on any atom is -0.481 e. The number of rotatable bonds is 10. The van der Waals surface area contributed by atoms with Gasteiger partial charge in [-0.25, -0.2) is 4.68 Å². The van der Waals surface area contributed by atoms with Crippen molar-refractivity contribution in [3.8, 4) is 5.69 Å². The smallest absolute Gasteiger partial charge is 0.308 e. The lowest BCUT2D eigenvalue weighted by Crippen LogP contribution is -2.38. The molecule has 1 aromatic carbocycles. The number of amides is 1. The van der Waals surface area contributed by atoms with E-state index in [0.29, 0.717) is 31.9 Å².